The van der Waals surface area contributed by atoms with Crippen molar-refractivity contribution in [3.8, 4) is 0 Å². The van der Waals surface area contributed by atoms with Gasteiger partial charge in [-0.2, -0.15) is 0 Å². The molecule has 1 aromatic rings. The van der Waals surface area contributed by atoms with Crippen LogP contribution in [-0.4, -0.2) is 18.8 Å². The molecule has 17 heavy (non-hydrogen) atoms. The molecule has 0 fully saturated rings. The molecule has 0 saturated carbocycles. The summed E-state index contributed by atoms with van der Waals surface area (Å²) in [6.45, 7) is 4.48. The van der Waals surface area contributed by atoms with E-state index in [0.29, 0.717) is 12.0 Å². The first-order chi connectivity index (χ1) is 8.08. The zero-order valence-electron chi connectivity index (χ0n) is 10.5. The highest BCUT2D eigenvalue weighted by molar-refractivity contribution is 7.99. The topological polar surface area (TPSA) is 12.0 Å². The Hall–Kier alpha value is 0.110. The molecule has 0 aliphatic carbocycles. The van der Waals surface area contributed by atoms with Gasteiger partial charge in [0.25, 0.3) is 0 Å². The van der Waals surface area contributed by atoms with Crippen LogP contribution in [0, 0.1) is 5.92 Å². The van der Waals surface area contributed by atoms with E-state index in [1.165, 1.54) is 6.42 Å². The molecular formula is C13H19Cl2NS. The first-order valence-corrected chi connectivity index (χ1v) is 7.57. The van der Waals surface area contributed by atoms with Crippen molar-refractivity contribution in [1.82, 2.24) is 5.32 Å². The summed E-state index contributed by atoms with van der Waals surface area (Å²) in [5, 5.41) is 4.87. The van der Waals surface area contributed by atoms with Gasteiger partial charge < -0.3 is 5.32 Å². The lowest BCUT2D eigenvalue weighted by Gasteiger charge is -2.22. The van der Waals surface area contributed by atoms with Crippen LogP contribution in [-0.2, 0) is 0 Å². The Bertz CT molecular complexity index is 357. The number of hydrogen-bond acceptors (Lipinski definition) is 2. The van der Waals surface area contributed by atoms with E-state index in [1.54, 1.807) is 11.8 Å². The van der Waals surface area contributed by atoms with Crippen LogP contribution in [0.15, 0.2) is 23.1 Å². The monoisotopic (exact) mass is 291 g/mol. The normalized spacial score (nSPS) is 14.6. The third-order valence-electron chi connectivity index (χ3n) is 3.01. The second-order valence-corrected chi connectivity index (χ2v) is 6.07. The van der Waals surface area contributed by atoms with Crippen LogP contribution < -0.4 is 5.32 Å². The van der Waals surface area contributed by atoms with E-state index in [9.17, 15) is 0 Å². The summed E-state index contributed by atoms with van der Waals surface area (Å²) in [4.78, 5) is 1.06. The lowest BCUT2D eigenvalue weighted by atomic mass is 10.0. The maximum absolute atomic E-state index is 6.14. The minimum Gasteiger partial charge on any atom is -0.316 e. The molecule has 0 bridgehead atoms. The molecule has 0 heterocycles. The summed E-state index contributed by atoms with van der Waals surface area (Å²) >= 11 is 13.9. The molecule has 1 nitrogen and oxygen atoms in total. The first-order valence-electron chi connectivity index (χ1n) is 5.83. The molecule has 1 rings (SSSR count). The van der Waals surface area contributed by atoms with Crippen molar-refractivity contribution in [1.29, 1.82) is 0 Å². The van der Waals surface area contributed by atoms with Gasteiger partial charge in [-0.3, -0.25) is 0 Å². The zero-order valence-corrected chi connectivity index (χ0v) is 12.8. The van der Waals surface area contributed by atoms with E-state index < -0.39 is 0 Å². The molecule has 0 spiro atoms. The van der Waals surface area contributed by atoms with Crippen LogP contribution in [0.4, 0.5) is 0 Å². The van der Waals surface area contributed by atoms with E-state index in [-0.39, 0.29) is 0 Å². The Labute approximate surface area is 118 Å². The lowest BCUT2D eigenvalue weighted by Crippen LogP contribution is -2.34. The molecule has 0 saturated heterocycles. The number of halogens is 2. The Morgan fingerprint density at radius 3 is 2.65 bits per heavy atom. The Morgan fingerprint density at radius 1 is 1.35 bits per heavy atom. The smallest absolute Gasteiger partial charge is 0.0542 e. The average Bonchev–Trinajstić information content (AvgIpc) is 2.33. The summed E-state index contributed by atoms with van der Waals surface area (Å²) in [7, 11) is 2.01. The molecule has 0 aliphatic rings. The molecule has 0 aromatic heterocycles. The van der Waals surface area contributed by atoms with Crippen molar-refractivity contribution in [3.05, 3.63) is 28.2 Å². The maximum atomic E-state index is 6.14. The Balaban J connectivity index is 2.62. The van der Waals surface area contributed by atoms with Gasteiger partial charge in [0.1, 0.15) is 0 Å². The van der Waals surface area contributed by atoms with Crippen molar-refractivity contribution >= 4 is 35.0 Å². The molecule has 1 N–H and O–H groups in total. The van der Waals surface area contributed by atoms with Crippen molar-refractivity contribution in [2.45, 2.75) is 31.2 Å². The summed E-state index contributed by atoms with van der Waals surface area (Å²) in [6, 6.07) is 6.10. The van der Waals surface area contributed by atoms with Crippen molar-refractivity contribution in [2.24, 2.45) is 5.92 Å². The second-order valence-electron chi connectivity index (χ2n) is 4.17. The first kappa shape index (κ1) is 15.2. The van der Waals surface area contributed by atoms with Gasteiger partial charge >= 0.3 is 0 Å². The molecular weight excluding hydrogens is 273 g/mol. The molecule has 0 amide bonds. The Kier molecular flexibility index (Phi) is 6.71. The fourth-order valence-corrected chi connectivity index (χ4v) is 3.37. The van der Waals surface area contributed by atoms with Crippen molar-refractivity contribution in [3.63, 3.8) is 0 Å². The summed E-state index contributed by atoms with van der Waals surface area (Å²) in [6.07, 6.45) is 1.18. The van der Waals surface area contributed by atoms with Gasteiger partial charge in [-0.15, -0.1) is 11.8 Å². The van der Waals surface area contributed by atoms with Crippen LogP contribution in [0.25, 0.3) is 0 Å². The average molecular weight is 292 g/mol. The van der Waals surface area contributed by atoms with Crippen LogP contribution in [0.2, 0.25) is 10.0 Å². The number of thioether (sulfide) groups is 1. The van der Waals surface area contributed by atoms with E-state index in [0.717, 1.165) is 20.7 Å². The maximum Gasteiger partial charge on any atom is 0.0542 e. The highest BCUT2D eigenvalue weighted by Crippen LogP contribution is 2.31. The van der Waals surface area contributed by atoms with Gasteiger partial charge in [0.15, 0.2) is 0 Å². The molecule has 4 heteroatoms. The Morgan fingerprint density at radius 2 is 2.06 bits per heavy atom. The van der Waals surface area contributed by atoms with Crippen LogP contribution >= 0.6 is 35.0 Å². The van der Waals surface area contributed by atoms with Gasteiger partial charge in [0, 0.05) is 21.7 Å². The predicted molar refractivity (Wildman–Crippen MR) is 79.5 cm³/mol. The third kappa shape index (κ3) is 4.70. The van der Waals surface area contributed by atoms with E-state index in [2.05, 4.69) is 19.2 Å². The minimum atomic E-state index is 0.500. The lowest BCUT2D eigenvalue weighted by molar-refractivity contribution is 0.420. The molecule has 2 atom stereocenters. The van der Waals surface area contributed by atoms with Crippen molar-refractivity contribution < 1.29 is 0 Å². The molecule has 96 valence electrons. The molecule has 0 aliphatic heterocycles. The van der Waals surface area contributed by atoms with Crippen molar-refractivity contribution in [2.75, 3.05) is 12.8 Å². The number of benzene rings is 1. The highest BCUT2D eigenvalue weighted by atomic mass is 35.5. The molecule has 2 unspecified atom stereocenters. The number of rotatable bonds is 6. The number of nitrogens with one attached hydrogen (secondary N) is 1. The fourth-order valence-electron chi connectivity index (χ4n) is 1.58. The van der Waals surface area contributed by atoms with Crippen LogP contribution in [0.5, 0.6) is 0 Å². The van der Waals surface area contributed by atoms with Gasteiger partial charge in [-0.25, -0.2) is 0 Å². The SMILES string of the molecule is CCC(C)C(CSc1cc(Cl)ccc1Cl)NC. The quantitative estimate of drug-likeness (QED) is 0.761. The third-order valence-corrected chi connectivity index (χ3v) is 4.86. The van der Waals surface area contributed by atoms with Crippen LogP contribution in [0.3, 0.4) is 0 Å². The van der Waals surface area contributed by atoms with E-state index in [4.69, 9.17) is 23.2 Å². The summed E-state index contributed by atoms with van der Waals surface area (Å²) < 4.78 is 0. The highest BCUT2D eigenvalue weighted by Gasteiger charge is 2.14. The standard InChI is InChI=1S/C13H19Cl2NS/c1-4-9(2)12(16-3)8-17-13-7-10(14)5-6-11(13)15/h5-7,9,12,16H,4,8H2,1-3H3. The van der Waals surface area contributed by atoms with E-state index >= 15 is 0 Å². The fraction of sp³-hybridized carbons (Fsp3) is 0.538. The van der Waals surface area contributed by atoms with E-state index in [1.807, 2.05) is 25.2 Å². The predicted octanol–water partition coefficient (Wildman–Crippen LogP) is 4.72. The largest absolute Gasteiger partial charge is 0.316 e. The van der Waals surface area contributed by atoms with Gasteiger partial charge in [-0.1, -0.05) is 43.5 Å². The van der Waals surface area contributed by atoms with Gasteiger partial charge in [0.05, 0.1) is 5.02 Å². The minimum absolute atomic E-state index is 0.500. The summed E-state index contributed by atoms with van der Waals surface area (Å²) in [5.74, 6) is 1.66. The summed E-state index contributed by atoms with van der Waals surface area (Å²) in [5.41, 5.74) is 0. The zero-order chi connectivity index (χ0) is 12.8. The van der Waals surface area contributed by atoms with Crippen LogP contribution in [0.1, 0.15) is 20.3 Å². The van der Waals surface area contributed by atoms with Gasteiger partial charge in [0.2, 0.25) is 0 Å². The molecule has 0 radical (unpaired) electrons. The van der Waals surface area contributed by atoms with Gasteiger partial charge in [-0.05, 0) is 31.2 Å². The number of hydrogen-bond donors (Lipinski definition) is 1. The second kappa shape index (κ2) is 7.52. The molecule has 1 aromatic carbocycles.